The molecule has 4 amide bonds. The fourth-order valence-corrected chi connectivity index (χ4v) is 4.60. The number of methoxy groups -OCH3 is 2. The average Bonchev–Trinajstić information content (AvgIpc) is 3.01. The Labute approximate surface area is 185 Å². The summed E-state index contributed by atoms with van der Waals surface area (Å²) in [7, 11) is 2.95. The third-order valence-corrected chi connectivity index (χ3v) is 6.29. The smallest absolute Gasteiger partial charge is 0.322 e. The number of ether oxygens (including phenoxy) is 2. The van der Waals surface area contributed by atoms with Gasteiger partial charge in [0.25, 0.3) is 5.91 Å². The number of halogens is 2. The zero-order chi connectivity index (χ0) is 22.8. The standard InChI is InChI=1S/C21H27ClFN3O5/c1-12(10-21(11-30-2)19(28)24-20(29)25-21)18(27)26-6-4-13(5-7-26)14-8-16(23)15(22)9-17(14)31-3/h8-9,12-13H,4-7,10-11H2,1-3H3,(H2,24,25,28,29). The minimum atomic E-state index is -1.26. The second kappa shape index (κ2) is 9.40. The maximum atomic E-state index is 14.0. The van der Waals surface area contributed by atoms with Crippen LogP contribution in [0.1, 0.15) is 37.7 Å². The molecule has 0 radical (unpaired) electrons. The van der Waals surface area contributed by atoms with Gasteiger partial charge in [-0.25, -0.2) is 9.18 Å². The highest BCUT2D eigenvalue weighted by atomic mass is 35.5. The van der Waals surface area contributed by atoms with Crippen molar-refractivity contribution in [1.29, 1.82) is 0 Å². The first-order valence-corrected chi connectivity index (χ1v) is 10.5. The molecule has 2 saturated heterocycles. The topological polar surface area (TPSA) is 97.0 Å². The maximum absolute atomic E-state index is 14.0. The molecule has 1 aromatic carbocycles. The van der Waals surface area contributed by atoms with Crippen LogP contribution in [-0.4, -0.2) is 62.2 Å². The Balaban J connectivity index is 1.64. The van der Waals surface area contributed by atoms with Gasteiger partial charge in [-0.3, -0.25) is 14.9 Å². The molecule has 8 nitrogen and oxygen atoms in total. The van der Waals surface area contributed by atoms with E-state index in [0.717, 1.165) is 5.56 Å². The molecule has 1 aromatic rings. The Morgan fingerprint density at radius 3 is 2.55 bits per heavy atom. The van der Waals surface area contributed by atoms with Crippen LogP contribution in [0.2, 0.25) is 5.02 Å². The summed E-state index contributed by atoms with van der Waals surface area (Å²) in [6.45, 7) is 2.71. The second-order valence-electron chi connectivity index (χ2n) is 8.14. The van der Waals surface area contributed by atoms with Crippen LogP contribution in [0, 0.1) is 11.7 Å². The van der Waals surface area contributed by atoms with Crippen LogP contribution in [0.4, 0.5) is 9.18 Å². The van der Waals surface area contributed by atoms with Crippen LogP contribution in [0.25, 0.3) is 0 Å². The number of carbonyl (C=O) groups excluding carboxylic acids is 3. The lowest BCUT2D eigenvalue weighted by Crippen LogP contribution is -2.53. The molecule has 2 unspecified atom stereocenters. The molecule has 170 valence electrons. The second-order valence-corrected chi connectivity index (χ2v) is 8.54. The zero-order valence-corrected chi connectivity index (χ0v) is 18.6. The summed E-state index contributed by atoms with van der Waals surface area (Å²) in [4.78, 5) is 38.7. The number of hydrogen-bond acceptors (Lipinski definition) is 5. The molecule has 0 spiro atoms. The monoisotopic (exact) mass is 455 g/mol. The lowest BCUT2D eigenvalue weighted by atomic mass is 9.86. The van der Waals surface area contributed by atoms with E-state index in [1.165, 1.54) is 26.4 Å². The summed E-state index contributed by atoms with van der Waals surface area (Å²) in [6, 6.07) is 2.29. The number of rotatable bonds is 7. The number of amides is 4. The van der Waals surface area contributed by atoms with Crippen molar-refractivity contribution >= 4 is 29.4 Å². The van der Waals surface area contributed by atoms with Gasteiger partial charge < -0.3 is 19.7 Å². The van der Waals surface area contributed by atoms with Gasteiger partial charge >= 0.3 is 6.03 Å². The Morgan fingerprint density at radius 2 is 2.00 bits per heavy atom. The number of nitrogens with zero attached hydrogens (tertiary/aromatic N) is 1. The van der Waals surface area contributed by atoms with Crippen molar-refractivity contribution in [3.8, 4) is 5.75 Å². The zero-order valence-electron chi connectivity index (χ0n) is 17.8. The Kier molecular flexibility index (Phi) is 7.06. The van der Waals surface area contributed by atoms with Gasteiger partial charge in [-0.2, -0.15) is 0 Å². The van der Waals surface area contributed by atoms with Gasteiger partial charge in [0.05, 0.1) is 18.7 Å². The molecule has 0 bridgehead atoms. The maximum Gasteiger partial charge on any atom is 0.322 e. The highest BCUT2D eigenvalue weighted by Crippen LogP contribution is 2.37. The minimum absolute atomic E-state index is 0.00932. The average molecular weight is 456 g/mol. The molecule has 2 aliphatic rings. The molecule has 2 fully saturated rings. The van der Waals surface area contributed by atoms with Crippen LogP contribution in [-0.2, 0) is 14.3 Å². The van der Waals surface area contributed by atoms with Crippen LogP contribution in [0.3, 0.4) is 0 Å². The predicted molar refractivity (Wildman–Crippen MR) is 112 cm³/mol. The van der Waals surface area contributed by atoms with E-state index < -0.39 is 29.2 Å². The SMILES string of the molecule is COCC1(CC(C)C(=O)N2CCC(c3cc(F)c(Cl)cc3OC)CC2)NC(=O)NC1=O. The van der Waals surface area contributed by atoms with E-state index in [1.54, 1.807) is 11.8 Å². The number of imide groups is 1. The molecule has 2 atom stereocenters. The van der Waals surface area contributed by atoms with Crippen molar-refractivity contribution in [2.45, 2.75) is 37.6 Å². The molecule has 2 aliphatic heterocycles. The molecule has 31 heavy (non-hydrogen) atoms. The fraction of sp³-hybridized carbons (Fsp3) is 0.571. The largest absolute Gasteiger partial charge is 0.496 e. The van der Waals surface area contributed by atoms with Gasteiger partial charge in [-0.15, -0.1) is 0 Å². The first kappa shape index (κ1) is 23.3. The van der Waals surface area contributed by atoms with E-state index in [-0.39, 0.29) is 29.9 Å². The van der Waals surface area contributed by atoms with Crippen LogP contribution < -0.4 is 15.4 Å². The molecule has 10 heteroatoms. The number of carbonyl (C=O) groups is 3. The van der Waals surface area contributed by atoms with Crippen LogP contribution in [0.15, 0.2) is 12.1 Å². The Morgan fingerprint density at radius 1 is 1.32 bits per heavy atom. The first-order valence-electron chi connectivity index (χ1n) is 10.1. The highest BCUT2D eigenvalue weighted by molar-refractivity contribution is 6.30. The molecule has 2 N–H and O–H groups in total. The molecule has 0 aliphatic carbocycles. The van der Waals surface area contributed by atoms with Gasteiger partial charge in [0.2, 0.25) is 5.91 Å². The molecular weight excluding hydrogens is 429 g/mol. The van der Waals surface area contributed by atoms with E-state index in [0.29, 0.717) is 31.7 Å². The summed E-state index contributed by atoms with van der Waals surface area (Å²) in [6.07, 6.45) is 1.43. The third kappa shape index (κ3) is 4.77. The number of benzene rings is 1. The summed E-state index contributed by atoms with van der Waals surface area (Å²) in [5.41, 5.74) is -0.512. The molecule has 2 heterocycles. The van der Waals surface area contributed by atoms with Crippen LogP contribution in [0.5, 0.6) is 5.75 Å². The van der Waals surface area contributed by atoms with Gasteiger partial charge in [0, 0.05) is 37.7 Å². The summed E-state index contributed by atoms with van der Waals surface area (Å²) in [5, 5.41) is 4.83. The molecular formula is C21H27ClFN3O5. The molecule has 0 saturated carbocycles. The van der Waals surface area contributed by atoms with Gasteiger partial charge in [-0.05, 0) is 31.2 Å². The number of likely N-dealkylation sites (tertiary alicyclic amines) is 1. The third-order valence-electron chi connectivity index (χ3n) is 6.00. The van der Waals surface area contributed by atoms with E-state index >= 15 is 0 Å². The molecule has 0 aromatic heterocycles. The van der Waals surface area contributed by atoms with Crippen molar-refractivity contribution in [2.24, 2.45) is 5.92 Å². The quantitative estimate of drug-likeness (QED) is 0.615. The summed E-state index contributed by atoms with van der Waals surface area (Å²) < 4.78 is 24.5. The van der Waals surface area contributed by atoms with Crippen molar-refractivity contribution < 1.29 is 28.2 Å². The van der Waals surface area contributed by atoms with Crippen molar-refractivity contribution in [2.75, 3.05) is 33.9 Å². The number of urea groups is 1. The molecule has 3 rings (SSSR count). The van der Waals surface area contributed by atoms with Gasteiger partial charge in [0.15, 0.2) is 0 Å². The minimum Gasteiger partial charge on any atom is -0.496 e. The Hall–Kier alpha value is -2.39. The Bertz CT molecular complexity index is 875. The lowest BCUT2D eigenvalue weighted by Gasteiger charge is -2.36. The lowest BCUT2D eigenvalue weighted by molar-refractivity contribution is -0.138. The normalized spacial score (nSPS) is 22.8. The van der Waals surface area contributed by atoms with E-state index in [2.05, 4.69) is 10.6 Å². The highest BCUT2D eigenvalue weighted by Gasteiger charge is 2.48. The van der Waals surface area contributed by atoms with Crippen LogP contribution >= 0.6 is 11.6 Å². The summed E-state index contributed by atoms with van der Waals surface area (Å²) >= 11 is 5.85. The fourth-order valence-electron chi connectivity index (χ4n) is 4.45. The predicted octanol–water partition coefficient (Wildman–Crippen LogP) is 2.44. The van der Waals surface area contributed by atoms with E-state index in [9.17, 15) is 18.8 Å². The van der Waals surface area contributed by atoms with Crippen molar-refractivity contribution in [3.63, 3.8) is 0 Å². The van der Waals surface area contributed by atoms with Gasteiger partial charge in [-0.1, -0.05) is 18.5 Å². The first-order chi connectivity index (χ1) is 14.7. The number of nitrogens with one attached hydrogen (secondary N) is 2. The number of hydrogen-bond donors (Lipinski definition) is 2. The number of piperidine rings is 1. The van der Waals surface area contributed by atoms with Crippen molar-refractivity contribution in [1.82, 2.24) is 15.5 Å². The van der Waals surface area contributed by atoms with Gasteiger partial charge in [0.1, 0.15) is 17.1 Å². The van der Waals surface area contributed by atoms with Crippen molar-refractivity contribution in [3.05, 3.63) is 28.5 Å². The van der Waals surface area contributed by atoms with E-state index in [4.69, 9.17) is 21.1 Å². The summed E-state index contributed by atoms with van der Waals surface area (Å²) in [5.74, 6) is -1.01. The van der Waals surface area contributed by atoms with E-state index in [1.807, 2.05) is 0 Å².